The van der Waals surface area contributed by atoms with Crippen molar-refractivity contribution < 1.29 is 28.4 Å². The summed E-state index contributed by atoms with van der Waals surface area (Å²) in [6.45, 7) is -1.02. The lowest BCUT2D eigenvalue weighted by atomic mass is 10.2. The van der Waals surface area contributed by atoms with Gasteiger partial charge in [-0.3, -0.25) is 14.9 Å². The molecule has 0 unspecified atom stereocenters. The number of nitro groups is 1. The number of benzene rings is 2. The molecule has 0 fully saturated rings. The molecule has 2 aromatic carbocycles. The van der Waals surface area contributed by atoms with Crippen LogP contribution >= 0.6 is 15.9 Å². The first kappa shape index (κ1) is 19.3. The molecule has 0 aliphatic rings. The van der Waals surface area contributed by atoms with Gasteiger partial charge in [-0.15, -0.1) is 0 Å². The monoisotopic (exact) mass is 426 g/mol. The number of amides is 1. The number of carbonyl (C=O) groups excluding carboxylic acids is 2. The highest BCUT2D eigenvalue weighted by molar-refractivity contribution is 9.10. The third-order valence-electron chi connectivity index (χ3n) is 2.94. The van der Waals surface area contributed by atoms with Crippen molar-refractivity contribution >= 4 is 39.2 Å². The summed E-state index contributed by atoms with van der Waals surface area (Å²) in [6.07, 6.45) is 0. The molecule has 10 heteroatoms. The van der Waals surface area contributed by atoms with Gasteiger partial charge in [-0.05, 0) is 30.3 Å². The largest absolute Gasteiger partial charge is 0.482 e. The minimum Gasteiger partial charge on any atom is -0.482 e. The molecule has 0 spiro atoms. The van der Waals surface area contributed by atoms with Gasteiger partial charge in [-0.1, -0.05) is 22.0 Å². The molecule has 0 saturated heterocycles. The molecule has 2 rings (SSSR count). The van der Waals surface area contributed by atoms with E-state index in [1.54, 1.807) is 24.3 Å². The molecule has 0 aromatic heterocycles. The van der Waals surface area contributed by atoms with Gasteiger partial charge in [0.1, 0.15) is 5.75 Å². The number of rotatable bonds is 7. The van der Waals surface area contributed by atoms with Crippen LogP contribution in [-0.4, -0.2) is 30.0 Å². The minimum atomic E-state index is -1.02. The van der Waals surface area contributed by atoms with Gasteiger partial charge < -0.3 is 14.8 Å². The highest BCUT2D eigenvalue weighted by atomic mass is 79.9. The zero-order valence-electron chi connectivity index (χ0n) is 13.1. The second-order valence-electron chi connectivity index (χ2n) is 4.88. The van der Waals surface area contributed by atoms with E-state index in [1.807, 2.05) is 0 Å². The number of anilines is 1. The highest BCUT2D eigenvalue weighted by Crippen LogP contribution is 2.21. The zero-order valence-corrected chi connectivity index (χ0v) is 14.7. The summed E-state index contributed by atoms with van der Waals surface area (Å²) in [5.41, 5.74) is -0.772. The van der Waals surface area contributed by atoms with Crippen molar-refractivity contribution in [2.45, 2.75) is 0 Å². The third kappa shape index (κ3) is 5.81. The zero-order chi connectivity index (χ0) is 19.1. The summed E-state index contributed by atoms with van der Waals surface area (Å²) in [5.74, 6) is -2.09. The van der Waals surface area contributed by atoms with Crippen LogP contribution in [-0.2, 0) is 14.3 Å². The van der Waals surface area contributed by atoms with Crippen molar-refractivity contribution in [3.05, 3.63) is 62.9 Å². The van der Waals surface area contributed by atoms with Crippen LogP contribution in [0.4, 0.5) is 15.8 Å². The summed E-state index contributed by atoms with van der Waals surface area (Å²) in [5, 5.41) is 12.9. The van der Waals surface area contributed by atoms with E-state index in [-0.39, 0.29) is 5.69 Å². The van der Waals surface area contributed by atoms with Crippen molar-refractivity contribution in [3.63, 3.8) is 0 Å². The first-order chi connectivity index (χ1) is 12.3. The smallest absolute Gasteiger partial charge is 0.344 e. The molecular formula is C16H12BrFN2O6. The van der Waals surface area contributed by atoms with Crippen LogP contribution in [0, 0.1) is 15.9 Å². The standard InChI is InChI=1S/C16H12BrFN2O6/c17-10-2-1-3-12(6-10)25-9-16(22)26-8-15(21)19-11-4-5-13(18)14(7-11)20(23)24/h1-7H,8-9H2,(H,19,21). The van der Waals surface area contributed by atoms with E-state index in [2.05, 4.69) is 21.2 Å². The molecule has 0 radical (unpaired) electrons. The molecule has 0 heterocycles. The van der Waals surface area contributed by atoms with Gasteiger partial charge in [0.05, 0.1) is 4.92 Å². The molecule has 0 bridgehead atoms. The summed E-state index contributed by atoms with van der Waals surface area (Å²) in [7, 11) is 0. The molecular weight excluding hydrogens is 415 g/mol. The second kappa shape index (κ2) is 8.90. The summed E-state index contributed by atoms with van der Waals surface area (Å²) >= 11 is 3.25. The van der Waals surface area contributed by atoms with E-state index in [1.165, 1.54) is 0 Å². The van der Waals surface area contributed by atoms with Crippen LogP contribution < -0.4 is 10.1 Å². The van der Waals surface area contributed by atoms with Gasteiger partial charge in [-0.25, -0.2) is 4.79 Å². The molecule has 1 N–H and O–H groups in total. The van der Waals surface area contributed by atoms with E-state index in [0.29, 0.717) is 5.75 Å². The van der Waals surface area contributed by atoms with Gasteiger partial charge in [0.2, 0.25) is 5.82 Å². The van der Waals surface area contributed by atoms with Crippen molar-refractivity contribution in [1.29, 1.82) is 0 Å². The van der Waals surface area contributed by atoms with E-state index in [0.717, 1.165) is 22.7 Å². The molecule has 0 atom stereocenters. The number of carbonyl (C=O) groups is 2. The first-order valence-corrected chi connectivity index (χ1v) is 7.92. The highest BCUT2D eigenvalue weighted by Gasteiger charge is 2.16. The quantitative estimate of drug-likeness (QED) is 0.414. The number of halogens is 2. The Morgan fingerprint density at radius 1 is 1.19 bits per heavy atom. The number of hydrogen-bond donors (Lipinski definition) is 1. The maximum absolute atomic E-state index is 13.2. The fraction of sp³-hybridized carbons (Fsp3) is 0.125. The number of nitrogens with zero attached hydrogens (tertiary/aromatic N) is 1. The number of ether oxygens (including phenoxy) is 2. The molecule has 0 aliphatic heterocycles. The van der Waals surface area contributed by atoms with E-state index in [4.69, 9.17) is 9.47 Å². The molecule has 8 nitrogen and oxygen atoms in total. The average molecular weight is 427 g/mol. The second-order valence-corrected chi connectivity index (χ2v) is 5.79. The average Bonchev–Trinajstić information content (AvgIpc) is 2.59. The molecule has 2 aromatic rings. The van der Waals surface area contributed by atoms with Gasteiger partial charge in [0.25, 0.3) is 5.91 Å². The summed E-state index contributed by atoms with van der Waals surface area (Å²) < 4.78 is 23.9. The van der Waals surface area contributed by atoms with Crippen molar-refractivity contribution in [1.82, 2.24) is 0 Å². The lowest BCUT2D eigenvalue weighted by molar-refractivity contribution is -0.387. The third-order valence-corrected chi connectivity index (χ3v) is 3.44. The molecule has 0 aliphatic carbocycles. The Kier molecular flexibility index (Phi) is 6.61. The molecule has 136 valence electrons. The first-order valence-electron chi connectivity index (χ1n) is 7.13. The lowest BCUT2D eigenvalue weighted by Crippen LogP contribution is -2.23. The molecule has 0 saturated carbocycles. The van der Waals surface area contributed by atoms with Crippen molar-refractivity contribution in [2.24, 2.45) is 0 Å². The minimum absolute atomic E-state index is 0.00420. The SMILES string of the molecule is O=C(COC(=O)COc1cccc(Br)c1)Nc1ccc(F)c([N+](=O)[O-])c1. The van der Waals surface area contributed by atoms with Crippen LogP contribution in [0.3, 0.4) is 0 Å². The van der Waals surface area contributed by atoms with Crippen LogP contribution in [0.15, 0.2) is 46.9 Å². The number of nitro benzene ring substituents is 1. The Morgan fingerprint density at radius 2 is 1.96 bits per heavy atom. The van der Waals surface area contributed by atoms with E-state index >= 15 is 0 Å². The molecule has 26 heavy (non-hydrogen) atoms. The van der Waals surface area contributed by atoms with Crippen LogP contribution in [0.25, 0.3) is 0 Å². The van der Waals surface area contributed by atoms with Gasteiger partial charge in [0, 0.05) is 16.2 Å². The van der Waals surface area contributed by atoms with Crippen LogP contribution in [0.5, 0.6) is 5.75 Å². The predicted octanol–water partition coefficient (Wildman–Crippen LogP) is 3.06. The van der Waals surface area contributed by atoms with Crippen molar-refractivity contribution in [2.75, 3.05) is 18.5 Å². The van der Waals surface area contributed by atoms with Gasteiger partial charge >= 0.3 is 11.7 Å². The van der Waals surface area contributed by atoms with E-state index in [9.17, 15) is 24.1 Å². The Hall–Kier alpha value is -3.01. The number of hydrogen-bond acceptors (Lipinski definition) is 6. The lowest BCUT2D eigenvalue weighted by Gasteiger charge is -2.08. The van der Waals surface area contributed by atoms with Crippen LogP contribution in [0.1, 0.15) is 0 Å². The Labute approximate surface area is 155 Å². The topological polar surface area (TPSA) is 108 Å². The summed E-state index contributed by atoms with van der Waals surface area (Å²) in [4.78, 5) is 33.0. The van der Waals surface area contributed by atoms with Gasteiger partial charge in [-0.2, -0.15) is 4.39 Å². The normalized spacial score (nSPS) is 10.1. The van der Waals surface area contributed by atoms with Crippen molar-refractivity contribution in [3.8, 4) is 5.75 Å². The number of esters is 1. The maximum atomic E-state index is 13.2. The van der Waals surface area contributed by atoms with E-state index < -0.39 is 41.5 Å². The fourth-order valence-electron chi connectivity index (χ4n) is 1.81. The Bertz CT molecular complexity index is 845. The Balaban J connectivity index is 1.80. The van der Waals surface area contributed by atoms with Gasteiger partial charge in [0.15, 0.2) is 13.2 Å². The van der Waals surface area contributed by atoms with Crippen LogP contribution in [0.2, 0.25) is 0 Å². The fourth-order valence-corrected chi connectivity index (χ4v) is 2.19. The Morgan fingerprint density at radius 3 is 2.65 bits per heavy atom. The maximum Gasteiger partial charge on any atom is 0.344 e. The summed E-state index contributed by atoms with van der Waals surface area (Å²) in [6, 6.07) is 9.68. The number of nitrogens with one attached hydrogen (secondary N) is 1. The predicted molar refractivity (Wildman–Crippen MR) is 92.3 cm³/mol. The molecule has 1 amide bonds.